The summed E-state index contributed by atoms with van der Waals surface area (Å²) < 4.78 is 11.7. The summed E-state index contributed by atoms with van der Waals surface area (Å²) in [5, 5.41) is 2.80. The number of hydrogen-bond donors (Lipinski definition) is 1. The molecule has 1 saturated carbocycles. The highest BCUT2D eigenvalue weighted by atomic mass is 16.5. The fourth-order valence-electron chi connectivity index (χ4n) is 4.50. The van der Waals surface area contributed by atoms with Gasteiger partial charge < -0.3 is 14.8 Å². The highest BCUT2D eigenvalue weighted by Crippen LogP contribution is 2.36. The van der Waals surface area contributed by atoms with Crippen molar-refractivity contribution in [1.82, 2.24) is 15.1 Å². The Morgan fingerprint density at radius 2 is 1.79 bits per heavy atom. The Labute approximate surface area is 144 Å². The molecule has 1 atom stereocenters. The van der Waals surface area contributed by atoms with Crippen molar-refractivity contribution in [3.8, 4) is 0 Å². The van der Waals surface area contributed by atoms with E-state index in [1.54, 1.807) is 7.05 Å². The summed E-state index contributed by atoms with van der Waals surface area (Å²) in [6.45, 7) is 7.56. The van der Waals surface area contributed by atoms with E-state index in [1.807, 2.05) is 0 Å². The van der Waals surface area contributed by atoms with Gasteiger partial charge in [-0.2, -0.15) is 0 Å². The summed E-state index contributed by atoms with van der Waals surface area (Å²) in [4.78, 5) is 17.1. The lowest BCUT2D eigenvalue weighted by molar-refractivity contribution is -0.203. The highest BCUT2D eigenvalue weighted by molar-refractivity contribution is 5.81. The van der Waals surface area contributed by atoms with Crippen LogP contribution in [0.4, 0.5) is 0 Å². The van der Waals surface area contributed by atoms with Crippen LogP contribution in [0.3, 0.4) is 0 Å². The number of ether oxygens (including phenoxy) is 2. The molecule has 4 rings (SSSR count). The van der Waals surface area contributed by atoms with Gasteiger partial charge in [-0.1, -0.05) is 0 Å². The maximum Gasteiger partial charge on any atom is 0.239 e. The van der Waals surface area contributed by atoms with Crippen LogP contribution in [0.15, 0.2) is 0 Å². The molecule has 1 spiro atoms. The molecule has 6 nitrogen and oxygen atoms in total. The summed E-state index contributed by atoms with van der Waals surface area (Å²) in [5.74, 6) is 1.68. The predicted molar refractivity (Wildman–Crippen MR) is 90.8 cm³/mol. The number of carbonyl (C=O) groups excluding carboxylic acids is 1. The van der Waals surface area contributed by atoms with E-state index in [-0.39, 0.29) is 17.6 Å². The first-order chi connectivity index (χ1) is 11.7. The molecule has 3 heterocycles. The molecule has 24 heavy (non-hydrogen) atoms. The van der Waals surface area contributed by atoms with E-state index in [1.165, 1.54) is 32.2 Å². The number of morpholine rings is 1. The van der Waals surface area contributed by atoms with E-state index < -0.39 is 0 Å². The molecule has 0 radical (unpaired) electrons. The third-order valence-corrected chi connectivity index (χ3v) is 6.10. The quantitative estimate of drug-likeness (QED) is 0.783. The second kappa shape index (κ2) is 6.90. The van der Waals surface area contributed by atoms with Crippen LogP contribution in [0.1, 0.15) is 25.7 Å². The first-order valence-electron chi connectivity index (χ1n) is 9.57. The first kappa shape index (κ1) is 16.8. The predicted octanol–water partition coefficient (Wildman–Crippen LogP) is 0.324. The number of likely N-dealkylation sites (tertiary alicyclic amines) is 1. The van der Waals surface area contributed by atoms with Gasteiger partial charge in [0.15, 0.2) is 0 Å². The lowest BCUT2D eigenvalue weighted by Crippen LogP contribution is -2.73. The van der Waals surface area contributed by atoms with Crippen molar-refractivity contribution in [3.05, 3.63) is 0 Å². The van der Waals surface area contributed by atoms with Crippen molar-refractivity contribution in [2.75, 3.05) is 59.6 Å². The molecule has 1 N–H and O–H groups in total. The number of nitrogens with zero attached hydrogens (tertiary/aromatic N) is 2. The Kier molecular flexibility index (Phi) is 4.82. The van der Waals surface area contributed by atoms with Gasteiger partial charge in [0.1, 0.15) is 11.6 Å². The van der Waals surface area contributed by atoms with Gasteiger partial charge in [0.25, 0.3) is 0 Å². The SMILES string of the molecule is CNC(=O)[C@H]1COC2(CN(CC3CCOCC3)C2)CN1CC1CC1. The fourth-order valence-corrected chi connectivity index (χ4v) is 4.50. The van der Waals surface area contributed by atoms with Crippen LogP contribution in [0.25, 0.3) is 0 Å². The summed E-state index contributed by atoms with van der Waals surface area (Å²) in [6.07, 6.45) is 5.02. The zero-order chi connectivity index (χ0) is 16.6. The second-order valence-electron chi connectivity index (χ2n) is 8.22. The lowest BCUT2D eigenvalue weighted by atomic mass is 9.88. The third kappa shape index (κ3) is 3.62. The van der Waals surface area contributed by atoms with Crippen LogP contribution < -0.4 is 5.32 Å². The largest absolute Gasteiger partial charge is 0.381 e. The Morgan fingerprint density at radius 3 is 2.46 bits per heavy atom. The first-order valence-corrected chi connectivity index (χ1v) is 9.57. The van der Waals surface area contributed by atoms with Gasteiger partial charge in [-0.25, -0.2) is 0 Å². The van der Waals surface area contributed by atoms with E-state index in [4.69, 9.17) is 9.47 Å². The van der Waals surface area contributed by atoms with Gasteiger partial charge >= 0.3 is 0 Å². The molecule has 136 valence electrons. The molecule has 1 aliphatic carbocycles. The molecule has 3 saturated heterocycles. The van der Waals surface area contributed by atoms with Crippen molar-refractivity contribution < 1.29 is 14.3 Å². The Hall–Kier alpha value is -0.690. The van der Waals surface area contributed by atoms with Gasteiger partial charge in [-0.3, -0.25) is 14.6 Å². The Balaban J connectivity index is 1.31. The summed E-state index contributed by atoms with van der Waals surface area (Å²) >= 11 is 0. The molecular formula is C18H31N3O3. The number of hydrogen-bond acceptors (Lipinski definition) is 5. The van der Waals surface area contributed by atoms with Crippen molar-refractivity contribution in [2.24, 2.45) is 11.8 Å². The minimum absolute atomic E-state index is 0.0371. The van der Waals surface area contributed by atoms with Crippen LogP contribution in [-0.4, -0.2) is 86.9 Å². The van der Waals surface area contributed by atoms with E-state index in [0.717, 1.165) is 51.2 Å². The number of likely N-dealkylation sites (N-methyl/N-ethyl adjacent to an activating group) is 1. The minimum atomic E-state index is -0.106. The maximum absolute atomic E-state index is 12.2. The number of rotatable bonds is 5. The molecule has 0 aromatic carbocycles. The van der Waals surface area contributed by atoms with Gasteiger partial charge in [0.05, 0.1) is 6.61 Å². The Morgan fingerprint density at radius 1 is 1.08 bits per heavy atom. The second-order valence-corrected chi connectivity index (χ2v) is 8.22. The molecule has 6 heteroatoms. The van der Waals surface area contributed by atoms with Crippen LogP contribution in [0, 0.1) is 11.8 Å². The van der Waals surface area contributed by atoms with Crippen LogP contribution in [0.2, 0.25) is 0 Å². The number of nitrogens with one attached hydrogen (secondary N) is 1. The van der Waals surface area contributed by atoms with Gasteiger partial charge in [-0.05, 0) is 37.5 Å². The van der Waals surface area contributed by atoms with Gasteiger partial charge in [0.2, 0.25) is 5.91 Å². The van der Waals surface area contributed by atoms with E-state index >= 15 is 0 Å². The van der Waals surface area contributed by atoms with Crippen molar-refractivity contribution >= 4 is 5.91 Å². The van der Waals surface area contributed by atoms with Crippen molar-refractivity contribution in [3.63, 3.8) is 0 Å². The molecular weight excluding hydrogens is 306 g/mol. The molecule has 3 aliphatic heterocycles. The van der Waals surface area contributed by atoms with Crippen LogP contribution in [-0.2, 0) is 14.3 Å². The number of carbonyl (C=O) groups is 1. The van der Waals surface area contributed by atoms with Crippen molar-refractivity contribution in [2.45, 2.75) is 37.3 Å². The highest BCUT2D eigenvalue weighted by Gasteiger charge is 2.51. The Bertz CT molecular complexity index is 456. The fraction of sp³-hybridized carbons (Fsp3) is 0.944. The molecule has 0 unspecified atom stereocenters. The topological polar surface area (TPSA) is 54.0 Å². The van der Waals surface area contributed by atoms with Gasteiger partial charge in [-0.15, -0.1) is 0 Å². The monoisotopic (exact) mass is 337 g/mol. The van der Waals surface area contributed by atoms with Crippen molar-refractivity contribution in [1.29, 1.82) is 0 Å². The zero-order valence-corrected chi connectivity index (χ0v) is 14.8. The molecule has 0 bridgehead atoms. The molecule has 1 amide bonds. The minimum Gasteiger partial charge on any atom is -0.381 e. The molecule has 4 aliphatic rings. The number of amides is 1. The van der Waals surface area contributed by atoms with E-state index in [0.29, 0.717) is 6.61 Å². The molecule has 4 fully saturated rings. The molecule has 0 aromatic heterocycles. The van der Waals surface area contributed by atoms with Crippen LogP contribution in [0.5, 0.6) is 0 Å². The molecule has 0 aromatic rings. The van der Waals surface area contributed by atoms with E-state index in [2.05, 4.69) is 15.1 Å². The normalized spacial score (nSPS) is 31.8. The average Bonchev–Trinajstić information content (AvgIpc) is 3.38. The lowest BCUT2D eigenvalue weighted by Gasteiger charge is -2.56. The standard InChI is InChI=1S/C18H31N3O3/c1-19-17(22)16-10-24-18(13-21(16)9-14-2-3-14)11-20(12-18)8-15-4-6-23-7-5-15/h14-16H,2-13H2,1H3,(H,19,22)/t16-/m1/s1. The van der Waals surface area contributed by atoms with Crippen LogP contribution >= 0.6 is 0 Å². The van der Waals surface area contributed by atoms with E-state index in [9.17, 15) is 4.79 Å². The maximum atomic E-state index is 12.2. The summed E-state index contributed by atoms with van der Waals surface area (Å²) in [7, 11) is 1.72. The third-order valence-electron chi connectivity index (χ3n) is 6.10. The smallest absolute Gasteiger partial charge is 0.239 e. The average molecular weight is 337 g/mol. The van der Waals surface area contributed by atoms with Gasteiger partial charge in [0, 0.05) is 53.0 Å². The summed E-state index contributed by atoms with van der Waals surface area (Å²) in [6, 6.07) is -0.106. The zero-order valence-electron chi connectivity index (χ0n) is 14.8. The summed E-state index contributed by atoms with van der Waals surface area (Å²) in [5.41, 5.74) is -0.0371.